The van der Waals surface area contributed by atoms with Gasteiger partial charge in [-0.2, -0.15) is 27.9 Å². The van der Waals surface area contributed by atoms with Gasteiger partial charge >= 0.3 is 6.18 Å². The van der Waals surface area contributed by atoms with Crippen LogP contribution in [0.2, 0.25) is 0 Å². The van der Waals surface area contributed by atoms with Crippen LogP contribution in [0.4, 0.5) is 18.3 Å². The molecule has 0 spiro atoms. The van der Waals surface area contributed by atoms with E-state index in [1.165, 1.54) is 30.7 Å². The average molecular weight is 492 g/mol. The Bertz CT molecular complexity index is 1430. The molecule has 0 aliphatic rings. The number of nitrogens with zero attached hydrogens (tertiary/aromatic N) is 4. The Balaban J connectivity index is 1.70. The quantitative estimate of drug-likeness (QED) is 0.407. The molecule has 4 rings (SSSR count). The number of anilines is 1. The molecule has 4 aromatic rings. The number of hydrogen-bond acceptors (Lipinski definition) is 8. The number of aromatic amines is 1. The van der Waals surface area contributed by atoms with Gasteiger partial charge in [-0.25, -0.2) is 13.4 Å². The van der Waals surface area contributed by atoms with E-state index in [0.717, 1.165) is 35.8 Å². The second-order valence-electron chi connectivity index (χ2n) is 6.40. The molecule has 0 fully saturated rings. The highest BCUT2D eigenvalue weighted by atomic mass is 32.2. The Hall–Kier alpha value is -3.96. The molecule has 168 valence electrons. The minimum atomic E-state index is -4.58. The zero-order valence-electron chi connectivity index (χ0n) is 16.2. The highest BCUT2D eigenvalue weighted by Gasteiger charge is 2.31. The summed E-state index contributed by atoms with van der Waals surface area (Å²) in [7, 11) is -4.06. The second-order valence-corrected chi connectivity index (χ2v) is 8.87. The minimum Gasteiger partial charge on any atom is -0.455 e. The van der Waals surface area contributed by atoms with Gasteiger partial charge in [-0.15, -0.1) is 0 Å². The third-order valence-electron chi connectivity index (χ3n) is 4.28. The summed E-state index contributed by atoms with van der Waals surface area (Å²) in [6.45, 7) is 0. The van der Waals surface area contributed by atoms with Crippen molar-refractivity contribution in [3.05, 3.63) is 66.1 Å². The van der Waals surface area contributed by atoms with Gasteiger partial charge in [0.2, 0.25) is 5.13 Å². The van der Waals surface area contributed by atoms with Crippen LogP contribution in [0, 0.1) is 11.3 Å². The van der Waals surface area contributed by atoms with E-state index in [4.69, 9.17) is 4.74 Å². The predicted octanol–water partition coefficient (Wildman–Crippen LogP) is 4.41. The van der Waals surface area contributed by atoms with E-state index in [9.17, 15) is 26.9 Å². The number of nitriles is 1. The number of H-pyrrole nitrogens is 1. The van der Waals surface area contributed by atoms with Crippen LogP contribution in [-0.4, -0.2) is 28.0 Å². The van der Waals surface area contributed by atoms with Crippen LogP contribution < -0.4 is 9.46 Å². The van der Waals surface area contributed by atoms with Gasteiger partial charge in [0.05, 0.1) is 21.7 Å². The summed E-state index contributed by atoms with van der Waals surface area (Å²) in [6, 6.07) is 9.65. The Labute approximate surface area is 188 Å². The fourth-order valence-corrected chi connectivity index (χ4v) is 4.46. The summed E-state index contributed by atoms with van der Waals surface area (Å²) in [5, 5.41) is 15.9. The number of hydrogen-bond donors (Lipinski definition) is 2. The molecule has 2 aromatic heterocycles. The van der Waals surface area contributed by atoms with Crippen LogP contribution in [0.15, 0.2) is 59.9 Å². The van der Waals surface area contributed by atoms with E-state index in [1.54, 1.807) is 0 Å². The molecule has 0 saturated heterocycles. The Morgan fingerprint density at radius 3 is 2.55 bits per heavy atom. The Kier molecular flexibility index (Phi) is 5.75. The molecular weight excluding hydrogens is 481 g/mol. The van der Waals surface area contributed by atoms with Gasteiger partial charge < -0.3 is 4.74 Å². The fourth-order valence-electron chi connectivity index (χ4n) is 2.77. The molecule has 0 atom stereocenters. The Morgan fingerprint density at radius 1 is 1.12 bits per heavy atom. The molecule has 33 heavy (non-hydrogen) atoms. The highest BCUT2D eigenvalue weighted by Crippen LogP contribution is 2.39. The topological polar surface area (TPSA) is 134 Å². The zero-order chi connectivity index (χ0) is 23.6. The first kappa shape index (κ1) is 22.2. The number of aromatic nitrogens is 4. The van der Waals surface area contributed by atoms with Crippen LogP contribution >= 0.6 is 11.5 Å². The number of ether oxygens (including phenoxy) is 1. The molecule has 0 amide bonds. The number of sulfonamides is 1. The van der Waals surface area contributed by atoms with Crippen LogP contribution in [0.25, 0.3) is 11.3 Å². The number of benzene rings is 2. The molecule has 2 N–H and O–H groups in total. The van der Waals surface area contributed by atoms with Crippen molar-refractivity contribution in [1.29, 1.82) is 5.26 Å². The lowest BCUT2D eigenvalue weighted by atomic mass is 10.1. The van der Waals surface area contributed by atoms with E-state index in [1.807, 2.05) is 6.07 Å². The van der Waals surface area contributed by atoms with Crippen LogP contribution in [0.3, 0.4) is 0 Å². The van der Waals surface area contributed by atoms with Gasteiger partial charge in [0.25, 0.3) is 10.0 Å². The fraction of sp³-hybridized carbons (Fsp3) is 0.0526. The lowest BCUT2D eigenvalue weighted by molar-refractivity contribution is -0.137. The first-order valence-corrected chi connectivity index (χ1v) is 11.2. The third-order valence-corrected chi connectivity index (χ3v) is 6.33. The lowest BCUT2D eigenvalue weighted by Gasteiger charge is -2.15. The lowest BCUT2D eigenvalue weighted by Crippen LogP contribution is -2.13. The van der Waals surface area contributed by atoms with Gasteiger partial charge in [0.15, 0.2) is 0 Å². The maximum absolute atomic E-state index is 13.2. The molecule has 2 aromatic carbocycles. The molecule has 2 heterocycles. The van der Waals surface area contributed by atoms with Gasteiger partial charge in [0.1, 0.15) is 23.9 Å². The molecule has 0 radical (unpaired) electrons. The summed E-state index contributed by atoms with van der Waals surface area (Å²) >= 11 is 0.833. The van der Waals surface area contributed by atoms with E-state index < -0.39 is 21.8 Å². The standard InChI is InChI=1S/C19H11F3N6O3S2/c20-19(21,22)12-1-3-17(14(8-12)15-5-6-25-27-15)31-16-4-2-13(7-11(16)9-23)33(29,30)28-18-24-10-26-32-18/h1-8,10H,(H,25,27)(H,24,26,28). The predicted molar refractivity (Wildman–Crippen MR) is 111 cm³/mol. The van der Waals surface area contributed by atoms with Crippen molar-refractivity contribution in [2.75, 3.05) is 4.72 Å². The molecular formula is C19H11F3N6O3S2. The first-order valence-electron chi connectivity index (χ1n) is 8.90. The summed E-state index contributed by atoms with van der Waals surface area (Å²) in [5.41, 5.74) is -0.731. The van der Waals surface area contributed by atoms with Crippen LogP contribution in [0.5, 0.6) is 11.5 Å². The molecule has 14 heteroatoms. The monoisotopic (exact) mass is 492 g/mol. The number of halogens is 3. The summed E-state index contributed by atoms with van der Waals surface area (Å²) in [6.07, 6.45) is -2.03. The maximum Gasteiger partial charge on any atom is 0.416 e. The van der Waals surface area contributed by atoms with Gasteiger partial charge in [0, 0.05) is 23.3 Å². The van der Waals surface area contributed by atoms with Gasteiger partial charge in [-0.3, -0.25) is 9.82 Å². The Morgan fingerprint density at radius 2 is 1.91 bits per heavy atom. The smallest absolute Gasteiger partial charge is 0.416 e. The molecule has 9 nitrogen and oxygen atoms in total. The molecule has 0 bridgehead atoms. The van der Waals surface area contributed by atoms with Gasteiger partial charge in [-0.1, -0.05) is 0 Å². The van der Waals surface area contributed by atoms with Crippen molar-refractivity contribution in [2.45, 2.75) is 11.1 Å². The first-order chi connectivity index (χ1) is 15.7. The van der Waals surface area contributed by atoms with Gasteiger partial charge in [-0.05, 0) is 42.5 Å². The number of rotatable bonds is 6. The third kappa shape index (κ3) is 4.78. The number of nitrogens with one attached hydrogen (secondary N) is 2. The van der Waals surface area contributed by atoms with Crippen molar-refractivity contribution in [2.24, 2.45) is 0 Å². The normalized spacial score (nSPS) is 11.7. The van der Waals surface area contributed by atoms with Crippen molar-refractivity contribution in [3.63, 3.8) is 0 Å². The minimum absolute atomic E-state index is 0.00587. The largest absolute Gasteiger partial charge is 0.455 e. The van der Waals surface area contributed by atoms with Crippen molar-refractivity contribution >= 4 is 26.7 Å². The van der Waals surface area contributed by atoms with Crippen LogP contribution in [0.1, 0.15) is 11.1 Å². The SMILES string of the molecule is N#Cc1cc(S(=O)(=O)Nc2ncns2)ccc1Oc1ccc(C(F)(F)F)cc1-c1ccn[nH]1. The zero-order valence-corrected chi connectivity index (χ0v) is 17.8. The number of alkyl halides is 3. The summed E-state index contributed by atoms with van der Waals surface area (Å²) < 4.78 is 76.3. The van der Waals surface area contributed by atoms with Crippen molar-refractivity contribution in [1.82, 2.24) is 19.6 Å². The highest BCUT2D eigenvalue weighted by molar-refractivity contribution is 7.93. The van der Waals surface area contributed by atoms with Crippen molar-refractivity contribution in [3.8, 4) is 28.8 Å². The maximum atomic E-state index is 13.2. The average Bonchev–Trinajstić information content (AvgIpc) is 3.47. The molecule has 0 aliphatic heterocycles. The van der Waals surface area contributed by atoms with E-state index in [0.29, 0.717) is 0 Å². The van der Waals surface area contributed by atoms with E-state index in [-0.39, 0.29) is 38.3 Å². The molecule has 0 unspecified atom stereocenters. The molecule has 0 saturated carbocycles. The van der Waals surface area contributed by atoms with Crippen molar-refractivity contribution < 1.29 is 26.3 Å². The summed E-state index contributed by atoms with van der Waals surface area (Å²) in [5.74, 6) is -0.0424. The van der Waals surface area contributed by atoms with E-state index >= 15 is 0 Å². The molecule has 0 aliphatic carbocycles. The summed E-state index contributed by atoms with van der Waals surface area (Å²) in [4.78, 5) is 3.51. The van der Waals surface area contributed by atoms with Crippen LogP contribution in [-0.2, 0) is 16.2 Å². The van der Waals surface area contributed by atoms with E-state index in [2.05, 4.69) is 24.3 Å². The second kappa shape index (κ2) is 8.52.